The van der Waals surface area contributed by atoms with Crippen LogP contribution in [0.3, 0.4) is 0 Å². The first-order valence-corrected chi connectivity index (χ1v) is 12.2. The van der Waals surface area contributed by atoms with Crippen LogP contribution in [0.1, 0.15) is 37.8 Å². The van der Waals surface area contributed by atoms with Crippen LogP contribution in [0.2, 0.25) is 0 Å². The molecule has 3 aromatic heterocycles. The van der Waals surface area contributed by atoms with Gasteiger partial charge in [-0.25, -0.2) is 37.2 Å². The highest BCUT2D eigenvalue weighted by molar-refractivity contribution is 6.06. The van der Waals surface area contributed by atoms with Gasteiger partial charge < -0.3 is 10.2 Å². The van der Waals surface area contributed by atoms with Gasteiger partial charge in [-0.2, -0.15) is 5.10 Å². The molecule has 0 saturated carbocycles. The summed E-state index contributed by atoms with van der Waals surface area (Å²) in [6.45, 7) is 3.54. The Morgan fingerprint density at radius 1 is 1.08 bits per heavy atom. The van der Waals surface area contributed by atoms with Gasteiger partial charge in [0.15, 0.2) is 11.5 Å². The fourth-order valence-electron chi connectivity index (χ4n) is 4.97. The van der Waals surface area contributed by atoms with Gasteiger partial charge >= 0.3 is 0 Å². The number of benzene rings is 1. The molecule has 196 valence electrons. The summed E-state index contributed by atoms with van der Waals surface area (Å²) >= 11 is 0. The Hall–Kier alpha value is -4.09. The van der Waals surface area contributed by atoms with E-state index < -0.39 is 23.0 Å². The fraction of sp³-hybridized carbons (Fsp3) is 0.346. The lowest BCUT2D eigenvalue weighted by Gasteiger charge is -2.34. The van der Waals surface area contributed by atoms with Gasteiger partial charge in [-0.05, 0) is 26.0 Å². The number of nitrogens with one attached hydrogen (secondary N) is 1. The molecule has 1 saturated heterocycles. The van der Waals surface area contributed by atoms with E-state index in [-0.39, 0.29) is 61.4 Å². The van der Waals surface area contributed by atoms with Crippen LogP contribution in [0.4, 0.5) is 29.2 Å². The van der Waals surface area contributed by atoms with Crippen molar-refractivity contribution >= 4 is 28.6 Å². The second kappa shape index (κ2) is 8.47. The number of hydrogen-bond donors (Lipinski definition) is 1. The zero-order valence-corrected chi connectivity index (χ0v) is 20.6. The number of anilines is 2. The van der Waals surface area contributed by atoms with Crippen LogP contribution < -0.4 is 10.2 Å². The van der Waals surface area contributed by atoms with Gasteiger partial charge in [0.25, 0.3) is 5.92 Å². The number of rotatable bonds is 4. The fourth-order valence-corrected chi connectivity index (χ4v) is 4.97. The summed E-state index contributed by atoms with van der Waals surface area (Å²) in [4.78, 5) is 28.0. The van der Waals surface area contributed by atoms with Crippen LogP contribution in [0.15, 0.2) is 36.5 Å². The maximum absolute atomic E-state index is 14.4. The molecule has 1 fully saturated rings. The van der Waals surface area contributed by atoms with E-state index in [1.807, 2.05) is 0 Å². The molecule has 1 amide bonds. The van der Waals surface area contributed by atoms with Crippen molar-refractivity contribution in [3.63, 3.8) is 0 Å². The average molecular weight is 526 g/mol. The molecule has 1 N–H and O–H groups in total. The summed E-state index contributed by atoms with van der Waals surface area (Å²) in [6, 6.07) is 7.45. The Morgan fingerprint density at radius 3 is 2.55 bits per heavy atom. The number of aromatic nitrogens is 5. The molecule has 12 heteroatoms. The highest BCUT2D eigenvalue weighted by Crippen LogP contribution is 2.44. The molecule has 1 aromatic carbocycles. The zero-order valence-electron chi connectivity index (χ0n) is 20.6. The molecular formula is C26H23F4N7O. The van der Waals surface area contributed by atoms with Gasteiger partial charge in [0.1, 0.15) is 29.0 Å². The largest absolute Gasteiger partial charge is 0.356 e. The summed E-state index contributed by atoms with van der Waals surface area (Å²) in [5.74, 6) is -3.45. The number of nitrogens with zero attached hydrogens (tertiary/aromatic N) is 6. The molecule has 0 spiro atoms. The Kier molecular flexibility index (Phi) is 5.41. The predicted octanol–water partition coefficient (Wildman–Crippen LogP) is 4.68. The Balaban J connectivity index is 1.52. The average Bonchev–Trinajstić information content (AvgIpc) is 3.33. The van der Waals surface area contributed by atoms with Crippen molar-refractivity contribution in [2.24, 2.45) is 0 Å². The highest BCUT2D eigenvalue weighted by Gasteiger charge is 2.45. The van der Waals surface area contributed by atoms with Crippen molar-refractivity contribution in [2.45, 2.75) is 44.6 Å². The molecule has 0 unspecified atom stereocenters. The van der Waals surface area contributed by atoms with E-state index in [1.54, 1.807) is 36.9 Å². The van der Waals surface area contributed by atoms with Crippen LogP contribution in [-0.2, 0) is 16.8 Å². The smallest absolute Gasteiger partial charge is 0.251 e. The van der Waals surface area contributed by atoms with Crippen molar-refractivity contribution in [3.05, 3.63) is 59.3 Å². The molecule has 38 heavy (non-hydrogen) atoms. The number of amides is 1. The number of alkyl halides is 2. The van der Waals surface area contributed by atoms with Crippen molar-refractivity contribution in [3.8, 4) is 11.5 Å². The van der Waals surface area contributed by atoms with Gasteiger partial charge in [-0.3, -0.25) is 4.79 Å². The number of fused-ring (bicyclic) bond motifs is 2. The molecule has 0 radical (unpaired) electrons. The first kappa shape index (κ1) is 24.3. The van der Waals surface area contributed by atoms with E-state index in [9.17, 15) is 22.4 Å². The van der Waals surface area contributed by atoms with E-state index in [2.05, 4.69) is 20.4 Å². The van der Waals surface area contributed by atoms with Crippen molar-refractivity contribution in [1.82, 2.24) is 24.7 Å². The molecule has 2 aliphatic heterocycles. The van der Waals surface area contributed by atoms with Crippen LogP contribution in [-0.4, -0.2) is 49.7 Å². The van der Waals surface area contributed by atoms with Crippen LogP contribution in [0, 0.1) is 11.6 Å². The third-order valence-electron chi connectivity index (χ3n) is 7.15. The van der Waals surface area contributed by atoms with E-state index in [0.29, 0.717) is 22.3 Å². The van der Waals surface area contributed by atoms with Crippen molar-refractivity contribution in [1.29, 1.82) is 0 Å². The summed E-state index contributed by atoms with van der Waals surface area (Å²) in [6.07, 6.45) is 0.341. The Labute approximate surface area is 214 Å². The zero-order chi connectivity index (χ0) is 26.8. The maximum atomic E-state index is 14.4. The molecular weight excluding hydrogens is 502 g/mol. The molecule has 0 bridgehead atoms. The molecule has 0 atom stereocenters. The summed E-state index contributed by atoms with van der Waals surface area (Å²) in [7, 11) is 0. The number of halogens is 4. The Bertz CT molecular complexity index is 1590. The van der Waals surface area contributed by atoms with Crippen LogP contribution in [0.5, 0.6) is 0 Å². The standard InChI is InChI=1S/C26H23F4N7O/c1-25(2)18-20(34-24(25)38)32-21(33-23(18)36-9-7-26(29,30)8-10-36)19-16-11-15(27)12-31-22(16)37(35-19)13-14-5-3-4-6-17(14)28/h3-6,11-12H,7-10,13H2,1-2H3,(H,32,33,34,38). The lowest BCUT2D eigenvalue weighted by molar-refractivity contribution is -0.119. The Morgan fingerprint density at radius 2 is 1.82 bits per heavy atom. The lowest BCUT2D eigenvalue weighted by Crippen LogP contribution is -2.41. The summed E-state index contributed by atoms with van der Waals surface area (Å²) < 4.78 is 58.0. The second-order valence-corrected chi connectivity index (χ2v) is 10.1. The van der Waals surface area contributed by atoms with E-state index >= 15 is 0 Å². The summed E-state index contributed by atoms with van der Waals surface area (Å²) in [5.41, 5.74) is 0.332. The third kappa shape index (κ3) is 3.95. The minimum Gasteiger partial charge on any atom is -0.356 e. The van der Waals surface area contributed by atoms with Gasteiger partial charge in [0.05, 0.1) is 29.1 Å². The number of piperidine rings is 1. The molecule has 5 heterocycles. The highest BCUT2D eigenvalue weighted by atomic mass is 19.3. The van der Waals surface area contributed by atoms with E-state index in [1.165, 1.54) is 16.8 Å². The SMILES string of the molecule is CC1(C)C(=O)Nc2nc(-c3nn(Cc4ccccc4F)c4ncc(F)cc34)nc(N3CCC(F)(F)CC3)c21. The molecule has 2 aliphatic rings. The number of hydrogen-bond acceptors (Lipinski definition) is 6. The minimum absolute atomic E-state index is 0.0184. The topological polar surface area (TPSA) is 88.8 Å². The van der Waals surface area contributed by atoms with Gasteiger partial charge in [0.2, 0.25) is 5.91 Å². The van der Waals surface area contributed by atoms with Crippen molar-refractivity contribution < 1.29 is 22.4 Å². The van der Waals surface area contributed by atoms with E-state index in [0.717, 1.165) is 6.20 Å². The van der Waals surface area contributed by atoms with Gasteiger partial charge in [-0.15, -0.1) is 0 Å². The lowest BCUT2D eigenvalue weighted by atomic mass is 9.86. The number of carbonyl (C=O) groups excluding carboxylic acids is 1. The first-order chi connectivity index (χ1) is 18.0. The predicted molar refractivity (Wildman–Crippen MR) is 132 cm³/mol. The maximum Gasteiger partial charge on any atom is 0.251 e. The quantitative estimate of drug-likeness (QED) is 0.390. The molecule has 4 aromatic rings. The summed E-state index contributed by atoms with van der Waals surface area (Å²) in [5, 5.41) is 7.63. The van der Waals surface area contributed by atoms with Crippen LogP contribution in [0.25, 0.3) is 22.6 Å². The third-order valence-corrected chi connectivity index (χ3v) is 7.15. The molecule has 0 aliphatic carbocycles. The van der Waals surface area contributed by atoms with Crippen LogP contribution >= 0.6 is 0 Å². The molecule has 6 rings (SSSR count). The monoisotopic (exact) mass is 525 g/mol. The second-order valence-electron chi connectivity index (χ2n) is 10.1. The number of carbonyl (C=O) groups is 1. The first-order valence-electron chi connectivity index (χ1n) is 12.2. The number of pyridine rings is 1. The van der Waals surface area contributed by atoms with Gasteiger partial charge in [0, 0.05) is 31.5 Å². The normalized spacial score (nSPS) is 18.1. The van der Waals surface area contributed by atoms with E-state index in [4.69, 9.17) is 4.98 Å². The molecule has 8 nitrogen and oxygen atoms in total. The van der Waals surface area contributed by atoms with Crippen molar-refractivity contribution in [2.75, 3.05) is 23.3 Å². The van der Waals surface area contributed by atoms with Gasteiger partial charge in [-0.1, -0.05) is 18.2 Å². The minimum atomic E-state index is -2.77.